The zero-order valence-corrected chi connectivity index (χ0v) is 13.5. The smallest absolute Gasteiger partial charge is 0.254 e. The molecule has 0 radical (unpaired) electrons. The van der Waals surface area contributed by atoms with Crippen LogP contribution in [0.5, 0.6) is 0 Å². The van der Waals surface area contributed by atoms with Gasteiger partial charge in [0.05, 0.1) is 0 Å². The summed E-state index contributed by atoms with van der Waals surface area (Å²) < 4.78 is 2.05. The van der Waals surface area contributed by atoms with E-state index in [1.165, 1.54) is 44.9 Å². The second kappa shape index (κ2) is 11.0. The highest BCUT2D eigenvalue weighted by Gasteiger charge is 2.06. The number of hydrogen-bond acceptors (Lipinski definition) is 1. The second-order valence-corrected chi connectivity index (χ2v) is 4.82. The fourth-order valence-electron chi connectivity index (χ4n) is 2.06. The maximum absolute atomic E-state index is 11.0. The van der Waals surface area contributed by atoms with E-state index >= 15 is 0 Å². The molecule has 1 heterocycles. The van der Waals surface area contributed by atoms with E-state index < -0.39 is 0 Å². The number of aromatic nitrogens is 1. The van der Waals surface area contributed by atoms with E-state index in [1.54, 1.807) is 6.07 Å². The Kier molecular flexibility index (Phi) is 10.5. The molecule has 0 aromatic carbocycles. The number of nitrogens with two attached hydrogens (primary N) is 1. The third kappa shape index (κ3) is 7.98. The lowest BCUT2D eigenvalue weighted by Crippen LogP contribution is -2.34. The number of halogens is 1. The Hall–Kier alpha value is -0.900. The van der Waals surface area contributed by atoms with Crippen molar-refractivity contribution in [1.29, 1.82) is 0 Å². The molecule has 0 fully saturated rings. The molecule has 0 aliphatic carbocycles. The van der Waals surface area contributed by atoms with Crippen LogP contribution < -0.4 is 10.3 Å². The molecule has 0 saturated heterocycles. The summed E-state index contributed by atoms with van der Waals surface area (Å²) in [7, 11) is 0. The van der Waals surface area contributed by atoms with Crippen LogP contribution in [0.1, 0.15) is 62.2 Å². The average molecular weight is 330 g/mol. The van der Waals surface area contributed by atoms with E-state index in [0.717, 1.165) is 6.54 Å². The molecule has 0 unspecified atom stereocenters. The third-order valence-electron chi connectivity index (χ3n) is 3.16. The van der Waals surface area contributed by atoms with Gasteiger partial charge in [-0.3, -0.25) is 4.79 Å². The van der Waals surface area contributed by atoms with Crippen molar-refractivity contribution in [3.63, 3.8) is 0 Å². The first kappa shape index (κ1) is 18.1. The van der Waals surface area contributed by atoms with Crippen molar-refractivity contribution >= 4 is 22.9 Å². The number of pyridine rings is 1. The first-order valence-corrected chi connectivity index (χ1v) is 7.03. The third-order valence-corrected chi connectivity index (χ3v) is 3.16. The van der Waals surface area contributed by atoms with Gasteiger partial charge < -0.3 is 5.73 Å². The molecule has 1 amide bonds. The zero-order chi connectivity index (χ0) is 13.2. The molecule has 19 heavy (non-hydrogen) atoms. The standard InChI is InChI=1S/C15H24N2O.BrH/c1-2-3-4-5-6-7-8-11-17-12-9-10-14(13-17)15(16)18;/h9-10,12-13H,2-8,11H2,1H3,(H-,16,18);1H/p+1. The van der Waals surface area contributed by atoms with Gasteiger partial charge in [0, 0.05) is 12.5 Å². The first-order chi connectivity index (χ1) is 8.74. The fourth-order valence-corrected chi connectivity index (χ4v) is 2.06. The Balaban J connectivity index is 0.00000324. The lowest BCUT2D eigenvalue weighted by Gasteiger charge is -2.00. The van der Waals surface area contributed by atoms with Crippen molar-refractivity contribution < 1.29 is 9.36 Å². The Morgan fingerprint density at radius 1 is 1.16 bits per heavy atom. The van der Waals surface area contributed by atoms with Gasteiger partial charge in [-0.25, -0.2) is 4.57 Å². The second-order valence-electron chi connectivity index (χ2n) is 4.82. The van der Waals surface area contributed by atoms with Crippen molar-refractivity contribution in [2.45, 2.75) is 58.4 Å². The highest BCUT2D eigenvalue weighted by atomic mass is 79.9. The van der Waals surface area contributed by atoms with Gasteiger partial charge >= 0.3 is 0 Å². The van der Waals surface area contributed by atoms with E-state index in [0.29, 0.717) is 5.56 Å². The summed E-state index contributed by atoms with van der Waals surface area (Å²) in [5.41, 5.74) is 5.84. The fraction of sp³-hybridized carbons (Fsp3) is 0.600. The summed E-state index contributed by atoms with van der Waals surface area (Å²) >= 11 is 0. The number of primary amides is 1. The number of carbonyl (C=O) groups is 1. The van der Waals surface area contributed by atoms with Gasteiger partial charge in [0.25, 0.3) is 5.91 Å². The van der Waals surface area contributed by atoms with Gasteiger partial charge in [-0.05, 0) is 12.5 Å². The summed E-state index contributed by atoms with van der Waals surface area (Å²) in [5, 5.41) is 0. The first-order valence-electron chi connectivity index (χ1n) is 7.03. The lowest BCUT2D eigenvalue weighted by molar-refractivity contribution is -0.697. The van der Waals surface area contributed by atoms with E-state index in [1.807, 2.05) is 23.0 Å². The molecule has 108 valence electrons. The maximum Gasteiger partial charge on any atom is 0.254 e. The van der Waals surface area contributed by atoms with Gasteiger partial charge in [0.2, 0.25) is 0 Å². The van der Waals surface area contributed by atoms with Crippen LogP contribution in [0, 0.1) is 0 Å². The molecule has 2 N–H and O–H groups in total. The Labute approximate surface area is 127 Å². The number of carbonyl (C=O) groups excluding carboxylic acids is 1. The topological polar surface area (TPSA) is 47.0 Å². The van der Waals surface area contributed by atoms with Crippen molar-refractivity contribution in [1.82, 2.24) is 0 Å². The van der Waals surface area contributed by atoms with Crippen LogP contribution in [0.4, 0.5) is 0 Å². The maximum atomic E-state index is 11.0. The molecule has 0 aliphatic heterocycles. The van der Waals surface area contributed by atoms with Crippen LogP contribution in [-0.2, 0) is 6.54 Å². The van der Waals surface area contributed by atoms with Crippen molar-refractivity contribution in [3.8, 4) is 0 Å². The molecule has 3 nitrogen and oxygen atoms in total. The Bertz CT molecular complexity index is 369. The monoisotopic (exact) mass is 329 g/mol. The molecule has 1 aromatic heterocycles. The van der Waals surface area contributed by atoms with Crippen LogP contribution in [0.25, 0.3) is 0 Å². The highest BCUT2D eigenvalue weighted by Crippen LogP contribution is 2.06. The van der Waals surface area contributed by atoms with E-state index in [9.17, 15) is 4.79 Å². The molecule has 1 aromatic rings. The molecule has 0 saturated carbocycles. The summed E-state index contributed by atoms with van der Waals surface area (Å²) in [6, 6.07) is 3.63. The van der Waals surface area contributed by atoms with Crippen LogP contribution in [0.2, 0.25) is 0 Å². The predicted octanol–water partition coefficient (Wildman–Crippen LogP) is 3.40. The number of unbranched alkanes of at least 4 members (excludes halogenated alkanes) is 6. The molecule has 0 spiro atoms. The number of nitrogens with zero attached hydrogens (tertiary/aromatic N) is 1. The Morgan fingerprint density at radius 3 is 2.42 bits per heavy atom. The minimum absolute atomic E-state index is 0. The van der Waals surface area contributed by atoms with Crippen LogP contribution in [0.15, 0.2) is 24.5 Å². The van der Waals surface area contributed by atoms with Crippen LogP contribution in [0.3, 0.4) is 0 Å². The molecular weight excluding hydrogens is 304 g/mol. The summed E-state index contributed by atoms with van der Waals surface area (Å²) in [4.78, 5) is 11.0. The minimum atomic E-state index is -0.357. The number of aryl methyl sites for hydroxylation is 1. The number of amides is 1. The molecule has 0 atom stereocenters. The van der Waals surface area contributed by atoms with Crippen molar-refractivity contribution in [3.05, 3.63) is 30.1 Å². The highest BCUT2D eigenvalue weighted by molar-refractivity contribution is 8.93. The van der Waals surface area contributed by atoms with Gasteiger partial charge in [0.1, 0.15) is 12.1 Å². The van der Waals surface area contributed by atoms with E-state index in [-0.39, 0.29) is 22.9 Å². The van der Waals surface area contributed by atoms with Crippen LogP contribution in [-0.4, -0.2) is 5.91 Å². The molecule has 1 rings (SSSR count). The van der Waals surface area contributed by atoms with Crippen LogP contribution >= 0.6 is 17.0 Å². The van der Waals surface area contributed by atoms with E-state index in [4.69, 9.17) is 5.73 Å². The lowest BCUT2D eigenvalue weighted by atomic mass is 10.1. The van der Waals surface area contributed by atoms with Gasteiger partial charge in [0.15, 0.2) is 12.4 Å². The number of rotatable bonds is 9. The molecular formula is C15H26BrN2O+. The van der Waals surface area contributed by atoms with Gasteiger partial charge in [-0.1, -0.05) is 39.0 Å². The van der Waals surface area contributed by atoms with Gasteiger partial charge in [-0.2, -0.15) is 0 Å². The van der Waals surface area contributed by atoms with Crippen molar-refractivity contribution in [2.75, 3.05) is 0 Å². The summed E-state index contributed by atoms with van der Waals surface area (Å²) in [6.07, 6.45) is 12.9. The molecule has 4 heteroatoms. The zero-order valence-electron chi connectivity index (χ0n) is 11.8. The Morgan fingerprint density at radius 2 is 1.79 bits per heavy atom. The van der Waals surface area contributed by atoms with E-state index in [2.05, 4.69) is 6.92 Å². The summed E-state index contributed by atoms with van der Waals surface area (Å²) in [5.74, 6) is -0.357. The predicted molar refractivity (Wildman–Crippen MR) is 83.5 cm³/mol. The minimum Gasteiger partial charge on any atom is -0.365 e. The van der Waals surface area contributed by atoms with Crippen molar-refractivity contribution in [2.24, 2.45) is 5.73 Å². The average Bonchev–Trinajstić information content (AvgIpc) is 2.38. The summed E-state index contributed by atoms with van der Waals surface area (Å²) in [6.45, 7) is 3.21. The number of hydrogen-bond donors (Lipinski definition) is 1. The molecule has 0 bridgehead atoms. The normalized spacial score (nSPS) is 9.95. The van der Waals surface area contributed by atoms with Gasteiger partial charge in [-0.15, -0.1) is 17.0 Å². The molecule has 0 aliphatic rings. The SMILES string of the molecule is Br.CCCCCCCCC[n+]1cccc(C(N)=O)c1. The largest absolute Gasteiger partial charge is 0.365 e. The quantitative estimate of drug-likeness (QED) is 0.547.